The summed E-state index contributed by atoms with van der Waals surface area (Å²) >= 11 is 1.01. The van der Waals surface area contributed by atoms with Crippen LogP contribution in [0, 0.1) is 6.92 Å². The summed E-state index contributed by atoms with van der Waals surface area (Å²) in [5.74, 6) is -0.623. The lowest BCUT2D eigenvalue weighted by atomic mass is 10.2. The van der Waals surface area contributed by atoms with E-state index in [2.05, 4.69) is 0 Å². The van der Waals surface area contributed by atoms with Crippen LogP contribution in [0.1, 0.15) is 20.8 Å². The van der Waals surface area contributed by atoms with Crippen molar-refractivity contribution in [3.8, 4) is 5.75 Å². The van der Waals surface area contributed by atoms with E-state index < -0.39 is 16.0 Å². The number of aromatic carboxylic acids is 1. The van der Waals surface area contributed by atoms with E-state index in [0.717, 1.165) is 16.9 Å². The van der Waals surface area contributed by atoms with Crippen LogP contribution in [0.2, 0.25) is 0 Å². The zero-order chi connectivity index (χ0) is 20.3. The maximum Gasteiger partial charge on any atom is 0.348 e. The molecule has 0 saturated heterocycles. The number of benzene rings is 2. The molecule has 0 saturated carbocycles. The van der Waals surface area contributed by atoms with Crippen molar-refractivity contribution in [2.75, 3.05) is 11.4 Å². The van der Waals surface area contributed by atoms with E-state index >= 15 is 0 Å². The van der Waals surface area contributed by atoms with E-state index in [1.807, 2.05) is 18.2 Å². The summed E-state index contributed by atoms with van der Waals surface area (Å²) in [6, 6.07) is 15.1. The minimum atomic E-state index is -4.00. The maximum atomic E-state index is 13.5. The molecule has 1 N–H and O–H groups in total. The number of rotatable bonds is 7. The van der Waals surface area contributed by atoms with Gasteiger partial charge in [0.2, 0.25) is 0 Å². The molecule has 0 spiro atoms. The van der Waals surface area contributed by atoms with Crippen molar-refractivity contribution in [3.63, 3.8) is 0 Å². The minimum Gasteiger partial charge on any atom is -0.497 e. The van der Waals surface area contributed by atoms with Gasteiger partial charge in [-0.25, -0.2) is 13.2 Å². The van der Waals surface area contributed by atoms with Crippen LogP contribution >= 0.6 is 11.3 Å². The third-order valence-corrected chi connectivity index (χ3v) is 7.04. The SMILES string of the molecule is COc1ccc(S(=O)(=O)N(Cc2ccccc2)c2c(C)csc2C(=O)O)cc1. The molecule has 0 bridgehead atoms. The van der Waals surface area contributed by atoms with Gasteiger partial charge in [-0.3, -0.25) is 4.31 Å². The predicted molar refractivity (Wildman–Crippen MR) is 109 cm³/mol. The van der Waals surface area contributed by atoms with Crippen LogP contribution in [0.3, 0.4) is 0 Å². The van der Waals surface area contributed by atoms with Crippen molar-refractivity contribution >= 4 is 33.0 Å². The number of carboxylic acid groups (broad SMARTS) is 1. The second kappa shape index (κ2) is 8.04. The molecule has 6 nitrogen and oxygen atoms in total. The first-order valence-electron chi connectivity index (χ1n) is 8.36. The van der Waals surface area contributed by atoms with Crippen molar-refractivity contribution in [2.24, 2.45) is 0 Å². The Morgan fingerprint density at radius 3 is 2.32 bits per heavy atom. The van der Waals surface area contributed by atoms with E-state index in [1.165, 1.54) is 23.5 Å². The van der Waals surface area contributed by atoms with Crippen LogP contribution in [0.25, 0.3) is 0 Å². The van der Waals surface area contributed by atoms with Gasteiger partial charge in [0.05, 0.1) is 24.2 Å². The summed E-state index contributed by atoms with van der Waals surface area (Å²) in [7, 11) is -2.51. The van der Waals surface area contributed by atoms with Gasteiger partial charge < -0.3 is 9.84 Å². The molecule has 3 rings (SSSR count). The number of anilines is 1. The summed E-state index contributed by atoms with van der Waals surface area (Å²) in [4.78, 5) is 11.8. The fourth-order valence-electron chi connectivity index (χ4n) is 2.81. The molecule has 3 aromatic rings. The summed E-state index contributed by atoms with van der Waals surface area (Å²) in [5.41, 5.74) is 1.54. The number of ether oxygens (including phenoxy) is 1. The van der Waals surface area contributed by atoms with E-state index in [4.69, 9.17) is 4.74 Å². The third kappa shape index (κ3) is 3.88. The number of aryl methyl sites for hydroxylation is 1. The molecule has 0 aliphatic heterocycles. The van der Waals surface area contributed by atoms with Crippen molar-refractivity contribution in [2.45, 2.75) is 18.4 Å². The lowest BCUT2D eigenvalue weighted by Gasteiger charge is -2.25. The van der Waals surface area contributed by atoms with Gasteiger partial charge in [0, 0.05) is 0 Å². The van der Waals surface area contributed by atoms with Crippen LogP contribution < -0.4 is 9.04 Å². The average molecular weight is 418 g/mol. The molecule has 2 aromatic carbocycles. The first-order valence-corrected chi connectivity index (χ1v) is 10.7. The Labute approximate surface area is 167 Å². The van der Waals surface area contributed by atoms with Gasteiger partial charge in [-0.15, -0.1) is 11.3 Å². The molecule has 0 fully saturated rings. The molecule has 0 amide bonds. The molecular weight excluding hydrogens is 398 g/mol. The number of hydrogen-bond acceptors (Lipinski definition) is 5. The van der Waals surface area contributed by atoms with Crippen LogP contribution in [0.5, 0.6) is 5.75 Å². The van der Waals surface area contributed by atoms with Crippen molar-refractivity contribution in [1.29, 1.82) is 0 Å². The Hall–Kier alpha value is -2.84. The van der Waals surface area contributed by atoms with Crippen LogP contribution in [0.4, 0.5) is 5.69 Å². The monoisotopic (exact) mass is 417 g/mol. The zero-order valence-electron chi connectivity index (χ0n) is 15.3. The van der Waals surface area contributed by atoms with Crippen molar-refractivity contribution in [3.05, 3.63) is 76.0 Å². The molecule has 0 atom stereocenters. The van der Waals surface area contributed by atoms with E-state index in [-0.39, 0.29) is 22.0 Å². The number of thiophene rings is 1. The summed E-state index contributed by atoms with van der Waals surface area (Å²) in [6.45, 7) is 1.73. The largest absolute Gasteiger partial charge is 0.497 e. The summed E-state index contributed by atoms with van der Waals surface area (Å²) in [6.07, 6.45) is 0. The van der Waals surface area contributed by atoms with Gasteiger partial charge in [0.25, 0.3) is 10.0 Å². The van der Waals surface area contributed by atoms with E-state index in [0.29, 0.717) is 11.3 Å². The smallest absolute Gasteiger partial charge is 0.348 e. The molecular formula is C20H19NO5S2. The van der Waals surface area contributed by atoms with Gasteiger partial charge >= 0.3 is 5.97 Å². The van der Waals surface area contributed by atoms with Gasteiger partial charge in [-0.2, -0.15) is 0 Å². The van der Waals surface area contributed by atoms with E-state index in [9.17, 15) is 18.3 Å². The van der Waals surface area contributed by atoms with Gasteiger partial charge in [-0.1, -0.05) is 30.3 Å². The number of sulfonamides is 1. The Balaban J connectivity index is 2.15. The highest BCUT2D eigenvalue weighted by molar-refractivity contribution is 7.92. The van der Waals surface area contributed by atoms with Crippen LogP contribution in [-0.2, 0) is 16.6 Å². The zero-order valence-corrected chi connectivity index (χ0v) is 17.0. The summed E-state index contributed by atoms with van der Waals surface area (Å²) in [5, 5.41) is 11.2. The molecule has 0 unspecified atom stereocenters. The van der Waals surface area contributed by atoms with Crippen LogP contribution in [-0.4, -0.2) is 26.6 Å². The molecule has 1 aromatic heterocycles. The van der Waals surface area contributed by atoms with Crippen molar-refractivity contribution in [1.82, 2.24) is 0 Å². The number of nitrogens with zero attached hydrogens (tertiary/aromatic N) is 1. The Bertz CT molecular complexity index is 1070. The summed E-state index contributed by atoms with van der Waals surface area (Å²) < 4.78 is 33.2. The van der Waals surface area contributed by atoms with Gasteiger partial charge in [0.1, 0.15) is 10.6 Å². The first kappa shape index (κ1) is 19.9. The van der Waals surface area contributed by atoms with Gasteiger partial charge in [0.15, 0.2) is 0 Å². The number of carbonyl (C=O) groups is 1. The van der Waals surface area contributed by atoms with Crippen molar-refractivity contribution < 1.29 is 23.1 Å². The second-order valence-corrected chi connectivity index (χ2v) is 8.82. The molecule has 1 heterocycles. The molecule has 0 aliphatic rings. The number of methoxy groups -OCH3 is 1. The lowest BCUT2D eigenvalue weighted by molar-refractivity contribution is 0.0703. The van der Waals surface area contributed by atoms with Gasteiger partial charge in [-0.05, 0) is 47.7 Å². The van der Waals surface area contributed by atoms with Crippen LogP contribution in [0.15, 0.2) is 64.9 Å². The topological polar surface area (TPSA) is 83.9 Å². The molecule has 146 valence electrons. The molecule has 0 aliphatic carbocycles. The van der Waals surface area contributed by atoms with E-state index in [1.54, 1.807) is 36.6 Å². The standard InChI is InChI=1S/C20H19NO5S2/c1-14-13-27-19(20(22)23)18(14)21(12-15-6-4-3-5-7-15)28(24,25)17-10-8-16(26-2)9-11-17/h3-11,13H,12H2,1-2H3,(H,22,23). The second-order valence-electron chi connectivity index (χ2n) is 6.07. The fourth-order valence-corrected chi connectivity index (χ4v) is 5.28. The highest BCUT2D eigenvalue weighted by atomic mass is 32.2. The number of hydrogen-bond donors (Lipinski definition) is 1. The molecule has 8 heteroatoms. The average Bonchev–Trinajstić information content (AvgIpc) is 3.08. The predicted octanol–water partition coefficient (Wildman–Crippen LogP) is 4.16. The lowest BCUT2D eigenvalue weighted by Crippen LogP contribution is -2.32. The highest BCUT2D eigenvalue weighted by Crippen LogP contribution is 2.36. The Kier molecular flexibility index (Phi) is 5.71. The Morgan fingerprint density at radius 1 is 1.11 bits per heavy atom. The molecule has 28 heavy (non-hydrogen) atoms. The normalized spacial score (nSPS) is 11.2. The molecule has 0 radical (unpaired) electrons. The Morgan fingerprint density at radius 2 is 1.75 bits per heavy atom. The highest BCUT2D eigenvalue weighted by Gasteiger charge is 2.31. The fraction of sp³-hybridized carbons (Fsp3) is 0.150. The maximum absolute atomic E-state index is 13.5. The first-order chi connectivity index (χ1) is 13.3. The quantitative estimate of drug-likeness (QED) is 0.624. The minimum absolute atomic E-state index is 0.00878. The third-order valence-electron chi connectivity index (χ3n) is 4.20. The number of carboxylic acids is 1.